The molecule has 0 fully saturated rings. The van der Waals surface area contributed by atoms with E-state index >= 15 is 0 Å². The summed E-state index contributed by atoms with van der Waals surface area (Å²) < 4.78 is 60.0. The summed E-state index contributed by atoms with van der Waals surface area (Å²) in [6, 6.07) is 11.2. The third-order valence-corrected chi connectivity index (χ3v) is 7.83. The van der Waals surface area contributed by atoms with Gasteiger partial charge in [0, 0.05) is 35.8 Å². The second kappa shape index (κ2) is 11.9. The Hall–Kier alpha value is -2.85. The van der Waals surface area contributed by atoms with E-state index in [4.69, 9.17) is 0 Å². The molecule has 1 unspecified atom stereocenters. The summed E-state index contributed by atoms with van der Waals surface area (Å²) in [5.74, 6) is 0. The average molecular weight is 529 g/mol. The highest BCUT2D eigenvalue weighted by Crippen LogP contribution is 2.35. The lowest BCUT2D eigenvalue weighted by molar-refractivity contribution is -0.519. The van der Waals surface area contributed by atoms with Crippen LogP contribution in [0.25, 0.3) is 5.57 Å². The van der Waals surface area contributed by atoms with Gasteiger partial charge in [0.15, 0.2) is 5.71 Å². The molecule has 1 aliphatic carbocycles. The molecule has 0 bridgehead atoms. The second-order valence-electron chi connectivity index (χ2n) is 8.18. The SMILES string of the molecule is CCN(CC)c1ccc(C(=C2C=CC(=[N+](CC)CC)C=C2)c2cc(S(=O)(=O)O)ccc2S(=O)[O-])cc1. The summed E-state index contributed by atoms with van der Waals surface area (Å²) >= 11 is -2.64. The third kappa shape index (κ3) is 6.10. The molecular weight excluding hydrogens is 496 g/mol. The van der Waals surface area contributed by atoms with Gasteiger partial charge in [-0.25, -0.2) is 4.58 Å². The van der Waals surface area contributed by atoms with Crippen molar-refractivity contribution in [2.75, 3.05) is 31.1 Å². The fourth-order valence-corrected chi connectivity index (χ4v) is 5.37. The number of benzene rings is 2. The maximum absolute atomic E-state index is 12.2. The van der Waals surface area contributed by atoms with E-state index in [1.165, 1.54) is 12.1 Å². The average Bonchev–Trinajstić information content (AvgIpc) is 2.87. The topological polar surface area (TPSA) is 101 Å². The zero-order valence-corrected chi connectivity index (χ0v) is 22.6. The Labute approximate surface area is 216 Å². The lowest BCUT2D eigenvalue weighted by Gasteiger charge is -2.22. The van der Waals surface area contributed by atoms with Crippen molar-refractivity contribution in [2.24, 2.45) is 0 Å². The lowest BCUT2D eigenvalue weighted by atomic mass is 9.90. The van der Waals surface area contributed by atoms with Crippen LogP contribution in [0.1, 0.15) is 38.8 Å². The summed E-state index contributed by atoms with van der Waals surface area (Å²) in [4.78, 5) is 1.76. The van der Waals surface area contributed by atoms with Crippen molar-refractivity contribution in [3.8, 4) is 0 Å². The van der Waals surface area contributed by atoms with E-state index in [9.17, 15) is 21.7 Å². The standard InChI is InChI=1S/C27H32N2O5S2/c1-5-28(6-2)22-13-9-20(10-14-22)27(21-11-15-23(16-12-21)29(7-3)8-4)25-19-24(36(32,33)34)17-18-26(25)35(30)31/h9-19H,5-8H2,1-4H3,(H-,30,31,32,33,34). The van der Waals surface area contributed by atoms with Crippen molar-refractivity contribution < 1.29 is 26.3 Å². The van der Waals surface area contributed by atoms with Crippen LogP contribution in [-0.4, -0.2) is 58.2 Å². The van der Waals surface area contributed by atoms with E-state index in [0.717, 1.165) is 54.8 Å². The van der Waals surface area contributed by atoms with Gasteiger partial charge in [-0.05, 0) is 104 Å². The van der Waals surface area contributed by atoms with E-state index in [2.05, 4.69) is 37.2 Å². The molecule has 2 aromatic carbocycles. The first-order chi connectivity index (χ1) is 17.1. The Bertz CT molecular complexity index is 1340. The smallest absolute Gasteiger partial charge is 0.294 e. The minimum atomic E-state index is -4.54. The monoisotopic (exact) mass is 528 g/mol. The van der Waals surface area contributed by atoms with Crippen molar-refractivity contribution in [2.45, 2.75) is 37.5 Å². The molecule has 0 aliphatic heterocycles. The first-order valence-corrected chi connectivity index (χ1v) is 14.4. The normalized spacial score (nSPS) is 14.2. The number of hydrogen-bond donors (Lipinski definition) is 1. The van der Waals surface area contributed by atoms with Gasteiger partial charge in [-0.3, -0.25) is 8.76 Å². The van der Waals surface area contributed by atoms with Gasteiger partial charge in [-0.1, -0.05) is 12.1 Å². The molecule has 192 valence electrons. The summed E-state index contributed by atoms with van der Waals surface area (Å²) in [5, 5.41) is 0. The minimum absolute atomic E-state index is 0.0574. The Balaban J connectivity index is 2.31. The van der Waals surface area contributed by atoms with Gasteiger partial charge < -0.3 is 9.45 Å². The predicted octanol–water partition coefficient (Wildman–Crippen LogP) is 4.44. The van der Waals surface area contributed by atoms with Crippen LogP contribution >= 0.6 is 0 Å². The molecule has 3 rings (SSSR count). The molecule has 7 nitrogen and oxygen atoms in total. The molecule has 0 spiro atoms. The number of anilines is 1. The molecular formula is C27H32N2O5S2. The first kappa shape index (κ1) is 27.7. The molecule has 0 heterocycles. The van der Waals surface area contributed by atoms with Gasteiger partial charge in [0.05, 0.1) is 4.90 Å². The highest BCUT2D eigenvalue weighted by molar-refractivity contribution is 7.85. The molecule has 0 saturated carbocycles. The molecule has 0 radical (unpaired) electrons. The van der Waals surface area contributed by atoms with Crippen LogP contribution in [0.3, 0.4) is 0 Å². The molecule has 0 amide bonds. The summed E-state index contributed by atoms with van der Waals surface area (Å²) in [7, 11) is -4.54. The summed E-state index contributed by atoms with van der Waals surface area (Å²) in [5.41, 5.74) is 4.25. The highest BCUT2D eigenvalue weighted by atomic mass is 32.2. The number of allylic oxidation sites excluding steroid dienone is 5. The van der Waals surface area contributed by atoms with Crippen LogP contribution < -0.4 is 4.90 Å². The third-order valence-electron chi connectivity index (χ3n) is 6.27. The van der Waals surface area contributed by atoms with Gasteiger partial charge in [0.25, 0.3) is 10.1 Å². The molecule has 9 heteroatoms. The second-order valence-corrected chi connectivity index (χ2v) is 10.5. The van der Waals surface area contributed by atoms with Crippen molar-refractivity contribution in [3.05, 3.63) is 83.5 Å². The van der Waals surface area contributed by atoms with Crippen molar-refractivity contribution in [1.29, 1.82) is 0 Å². The van der Waals surface area contributed by atoms with Crippen LogP contribution in [0, 0.1) is 0 Å². The van der Waals surface area contributed by atoms with Crippen molar-refractivity contribution >= 4 is 38.2 Å². The summed E-state index contributed by atoms with van der Waals surface area (Å²) in [6.45, 7) is 11.7. The molecule has 36 heavy (non-hydrogen) atoms. The van der Waals surface area contributed by atoms with Gasteiger partial charge in [-0.15, -0.1) is 0 Å². The Morgan fingerprint density at radius 1 is 0.944 bits per heavy atom. The van der Waals surface area contributed by atoms with Crippen LogP contribution in [0.4, 0.5) is 5.69 Å². The van der Waals surface area contributed by atoms with E-state index in [0.29, 0.717) is 5.57 Å². The Morgan fingerprint density at radius 2 is 1.53 bits per heavy atom. The van der Waals surface area contributed by atoms with Crippen LogP contribution in [-0.2, 0) is 21.2 Å². The Morgan fingerprint density at radius 3 is 2.00 bits per heavy atom. The molecule has 1 atom stereocenters. The first-order valence-electron chi connectivity index (χ1n) is 11.9. The molecule has 2 aromatic rings. The fraction of sp³-hybridized carbons (Fsp3) is 0.296. The zero-order chi connectivity index (χ0) is 26.5. The predicted molar refractivity (Wildman–Crippen MR) is 144 cm³/mol. The minimum Gasteiger partial charge on any atom is -0.768 e. The lowest BCUT2D eigenvalue weighted by Crippen LogP contribution is -2.21. The van der Waals surface area contributed by atoms with Gasteiger partial charge in [0.1, 0.15) is 13.1 Å². The quantitative estimate of drug-likeness (QED) is 0.293. The van der Waals surface area contributed by atoms with Crippen LogP contribution in [0.5, 0.6) is 0 Å². The molecule has 1 N–H and O–H groups in total. The highest BCUT2D eigenvalue weighted by Gasteiger charge is 2.20. The van der Waals surface area contributed by atoms with Gasteiger partial charge in [0.2, 0.25) is 0 Å². The van der Waals surface area contributed by atoms with E-state index in [1.54, 1.807) is 0 Å². The van der Waals surface area contributed by atoms with E-state index < -0.39 is 21.2 Å². The largest absolute Gasteiger partial charge is 0.768 e. The molecule has 1 aliphatic rings. The van der Waals surface area contributed by atoms with Crippen molar-refractivity contribution in [1.82, 2.24) is 0 Å². The van der Waals surface area contributed by atoms with E-state index in [1.807, 2.05) is 48.6 Å². The van der Waals surface area contributed by atoms with Gasteiger partial charge >= 0.3 is 0 Å². The summed E-state index contributed by atoms with van der Waals surface area (Å²) in [6.07, 6.45) is 7.73. The van der Waals surface area contributed by atoms with Crippen molar-refractivity contribution in [3.63, 3.8) is 0 Å². The number of rotatable bonds is 9. The number of nitrogens with zero attached hydrogens (tertiary/aromatic N) is 2. The van der Waals surface area contributed by atoms with E-state index in [-0.39, 0.29) is 15.4 Å². The molecule has 0 aromatic heterocycles. The number of hydrogen-bond acceptors (Lipinski definition) is 5. The maximum atomic E-state index is 12.2. The maximum Gasteiger partial charge on any atom is 0.294 e. The van der Waals surface area contributed by atoms with Crippen LogP contribution in [0.15, 0.2) is 82.1 Å². The van der Waals surface area contributed by atoms with Gasteiger partial charge in [-0.2, -0.15) is 8.42 Å². The Kier molecular flexibility index (Phi) is 9.19. The van der Waals surface area contributed by atoms with Crippen LogP contribution in [0.2, 0.25) is 0 Å². The zero-order valence-electron chi connectivity index (χ0n) is 21.0. The molecule has 0 saturated heterocycles. The fourth-order valence-electron chi connectivity index (χ4n) is 4.34.